The van der Waals surface area contributed by atoms with E-state index in [-0.39, 0.29) is 11.9 Å². The molecule has 1 aromatic carbocycles. The summed E-state index contributed by atoms with van der Waals surface area (Å²) in [5, 5.41) is 2.85. The van der Waals surface area contributed by atoms with Crippen LogP contribution < -0.4 is 16.0 Å². The van der Waals surface area contributed by atoms with Crippen molar-refractivity contribution in [3.63, 3.8) is 0 Å². The first-order chi connectivity index (χ1) is 9.58. The molecule has 1 saturated heterocycles. The van der Waals surface area contributed by atoms with Gasteiger partial charge in [-0.15, -0.1) is 0 Å². The molecule has 1 aromatic rings. The Morgan fingerprint density at radius 2 is 1.85 bits per heavy atom. The van der Waals surface area contributed by atoms with Crippen molar-refractivity contribution in [1.29, 1.82) is 0 Å². The van der Waals surface area contributed by atoms with Crippen molar-refractivity contribution in [2.24, 2.45) is 5.73 Å². The Hall–Kier alpha value is -1.92. The minimum absolute atomic E-state index is 0.0336. The third-order valence-corrected chi connectivity index (χ3v) is 3.58. The Morgan fingerprint density at radius 1 is 1.25 bits per heavy atom. The molecule has 1 atom stereocenters. The molecular weight excluding hydrogens is 258 g/mol. The van der Waals surface area contributed by atoms with E-state index in [4.69, 9.17) is 10.5 Å². The van der Waals surface area contributed by atoms with Gasteiger partial charge in [-0.3, -0.25) is 9.59 Å². The summed E-state index contributed by atoms with van der Waals surface area (Å²) in [5.74, 6) is -0.511. The first-order valence-corrected chi connectivity index (χ1v) is 6.71. The number of morpholine rings is 1. The highest BCUT2D eigenvalue weighted by atomic mass is 16.5. The van der Waals surface area contributed by atoms with E-state index in [1.807, 2.05) is 6.92 Å². The summed E-state index contributed by atoms with van der Waals surface area (Å²) < 4.78 is 5.29. The largest absolute Gasteiger partial charge is 0.370 e. The zero-order valence-electron chi connectivity index (χ0n) is 11.5. The molecular formula is C14H20N3O3+. The summed E-state index contributed by atoms with van der Waals surface area (Å²) in [7, 11) is 0. The van der Waals surface area contributed by atoms with Gasteiger partial charge in [-0.05, 0) is 31.2 Å². The van der Waals surface area contributed by atoms with Gasteiger partial charge in [0, 0.05) is 11.3 Å². The molecule has 0 bridgehead atoms. The maximum Gasteiger partial charge on any atom is 0.282 e. The number of hydrogen-bond donors (Lipinski definition) is 3. The summed E-state index contributed by atoms with van der Waals surface area (Å²) in [6, 6.07) is 6.43. The average molecular weight is 278 g/mol. The predicted octanol–water partition coefficient (Wildman–Crippen LogP) is -0.972. The molecule has 1 aliphatic rings. The molecule has 2 rings (SSSR count). The van der Waals surface area contributed by atoms with E-state index in [0.717, 1.165) is 13.1 Å². The maximum atomic E-state index is 12.2. The molecule has 0 saturated carbocycles. The summed E-state index contributed by atoms with van der Waals surface area (Å²) in [4.78, 5) is 24.4. The molecule has 1 aliphatic heterocycles. The highest BCUT2D eigenvalue weighted by Crippen LogP contribution is 2.09. The standard InChI is InChI=1S/C14H19N3O3/c1-10(17-6-8-20-9-7-17)14(19)16-12-4-2-11(3-5-12)13(15)18/h2-5,10H,6-9H2,1H3,(H2,15,18)(H,16,19)/p+1/t10-/m1/s1. The van der Waals surface area contributed by atoms with E-state index < -0.39 is 5.91 Å². The first kappa shape index (κ1) is 14.5. The minimum Gasteiger partial charge on any atom is -0.370 e. The second-order valence-corrected chi connectivity index (χ2v) is 4.92. The second-order valence-electron chi connectivity index (χ2n) is 4.92. The number of nitrogens with one attached hydrogen (secondary N) is 2. The maximum absolute atomic E-state index is 12.2. The van der Waals surface area contributed by atoms with Gasteiger partial charge in [-0.2, -0.15) is 0 Å². The predicted molar refractivity (Wildman–Crippen MR) is 74.6 cm³/mol. The number of nitrogens with two attached hydrogens (primary N) is 1. The van der Waals surface area contributed by atoms with Crippen molar-refractivity contribution in [1.82, 2.24) is 0 Å². The molecule has 4 N–H and O–H groups in total. The number of rotatable bonds is 4. The number of hydrogen-bond acceptors (Lipinski definition) is 3. The highest BCUT2D eigenvalue weighted by molar-refractivity contribution is 5.95. The lowest BCUT2D eigenvalue weighted by Crippen LogP contribution is -3.18. The van der Waals surface area contributed by atoms with Gasteiger partial charge in [-0.1, -0.05) is 0 Å². The van der Waals surface area contributed by atoms with Crippen LogP contribution in [0.1, 0.15) is 17.3 Å². The van der Waals surface area contributed by atoms with E-state index >= 15 is 0 Å². The molecule has 0 unspecified atom stereocenters. The van der Waals surface area contributed by atoms with Crippen LogP contribution in [0.2, 0.25) is 0 Å². The molecule has 20 heavy (non-hydrogen) atoms. The van der Waals surface area contributed by atoms with Gasteiger partial charge in [0.15, 0.2) is 6.04 Å². The Bertz CT molecular complexity index is 481. The molecule has 6 heteroatoms. The van der Waals surface area contributed by atoms with E-state index in [0.29, 0.717) is 24.5 Å². The first-order valence-electron chi connectivity index (χ1n) is 6.71. The van der Waals surface area contributed by atoms with Crippen LogP contribution in [0.5, 0.6) is 0 Å². The molecule has 2 amide bonds. The Morgan fingerprint density at radius 3 is 2.40 bits per heavy atom. The van der Waals surface area contributed by atoms with E-state index in [1.54, 1.807) is 24.3 Å². The Balaban J connectivity index is 1.94. The fourth-order valence-electron chi connectivity index (χ4n) is 2.22. The van der Waals surface area contributed by atoms with Crippen LogP contribution in [0.3, 0.4) is 0 Å². The number of amides is 2. The van der Waals surface area contributed by atoms with Crippen molar-refractivity contribution >= 4 is 17.5 Å². The lowest BCUT2D eigenvalue weighted by Gasteiger charge is -2.28. The topological polar surface area (TPSA) is 85.9 Å². The van der Waals surface area contributed by atoms with Crippen LogP contribution in [0.25, 0.3) is 0 Å². The van der Waals surface area contributed by atoms with Crippen LogP contribution in [-0.2, 0) is 9.53 Å². The Kier molecular flexibility index (Phi) is 4.70. The van der Waals surface area contributed by atoms with Gasteiger partial charge in [0.05, 0.1) is 13.2 Å². The smallest absolute Gasteiger partial charge is 0.282 e. The zero-order valence-corrected chi connectivity index (χ0v) is 11.5. The van der Waals surface area contributed by atoms with Crippen molar-refractivity contribution in [2.45, 2.75) is 13.0 Å². The van der Waals surface area contributed by atoms with Crippen molar-refractivity contribution < 1.29 is 19.2 Å². The summed E-state index contributed by atoms with van der Waals surface area (Å²) in [6.45, 7) is 4.98. The highest BCUT2D eigenvalue weighted by Gasteiger charge is 2.26. The molecule has 0 aromatic heterocycles. The molecule has 6 nitrogen and oxygen atoms in total. The van der Waals surface area contributed by atoms with Crippen LogP contribution >= 0.6 is 0 Å². The van der Waals surface area contributed by atoms with Crippen LogP contribution in [-0.4, -0.2) is 44.2 Å². The fourth-order valence-corrected chi connectivity index (χ4v) is 2.22. The minimum atomic E-state index is -0.478. The number of carbonyl (C=O) groups excluding carboxylic acids is 2. The fraction of sp³-hybridized carbons (Fsp3) is 0.429. The third-order valence-electron chi connectivity index (χ3n) is 3.58. The normalized spacial score (nSPS) is 17.4. The van der Waals surface area contributed by atoms with Crippen LogP contribution in [0.4, 0.5) is 5.69 Å². The zero-order chi connectivity index (χ0) is 14.5. The second kappa shape index (κ2) is 6.49. The molecule has 108 valence electrons. The van der Waals surface area contributed by atoms with E-state index in [1.165, 1.54) is 4.90 Å². The number of anilines is 1. The SMILES string of the molecule is C[C@H](C(=O)Nc1ccc(C(N)=O)cc1)[NH+]1CCOCC1. The summed E-state index contributed by atoms with van der Waals surface area (Å²) in [5.41, 5.74) is 6.26. The number of benzene rings is 1. The molecule has 0 spiro atoms. The lowest BCUT2D eigenvalue weighted by atomic mass is 10.2. The Labute approximate surface area is 117 Å². The number of ether oxygens (including phenoxy) is 1. The quantitative estimate of drug-likeness (QED) is 0.662. The number of quaternary nitrogens is 1. The van der Waals surface area contributed by atoms with Gasteiger partial charge in [0.2, 0.25) is 5.91 Å². The van der Waals surface area contributed by atoms with Gasteiger partial charge in [0.25, 0.3) is 5.91 Å². The van der Waals surface area contributed by atoms with Gasteiger partial charge in [0.1, 0.15) is 13.1 Å². The van der Waals surface area contributed by atoms with Crippen molar-refractivity contribution in [3.8, 4) is 0 Å². The monoisotopic (exact) mass is 278 g/mol. The molecule has 0 aliphatic carbocycles. The van der Waals surface area contributed by atoms with Crippen LogP contribution in [0, 0.1) is 0 Å². The van der Waals surface area contributed by atoms with Gasteiger partial charge >= 0.3 is 0 Å². The summed E-state index contributed by atoms with van der Waals surface area (Å²) in [6.07, 6.45) is 0. The molecule has 0 radical (unpaired) electrons. The third kappa shape index (κ3) is 3.55. The number of primary amides is 1. The number of carbonyl (C=O) groups is 2. The summed E-state index contributed by atoms with van der Waals surface area (Å²) >= 11 is 0. The van der Waals surface area contributed by atoms with Crippen molar-refractivity contribution in [2.75, 3.05) is 31.6 Å². The van der Waals surface area contributed by atoms with E-state index in [9.17, 15) is 9.59 Å². The van der Waals surface area contributed by atoms with E-state index in [2.05, 4.69) is 5.32 Å². The molecule has 1 heterocycles. The van der Waals surface area contributed by atoms with Gasteiger partial charge < -0.3 is 20.7 Å². The van der Waals surface area contributed by atoms with Crippen molar-refractivity contribution in [3.05, 3.63) is 29.8 Å². The average Bonchev–Trinajstić information content (AvgIpc) is 2.48. The van der Waals surface area contributed by atoms with Crippen LogP contribution in [0.15, 0.2) is 24.3 Å². The molecule has 1 fully saturated rings. The lowest BCUT2D eigenvalue weighted by molar-refractivity contribution is -0.921. The van der Waals surface area contributed by atoms with Gasteiger partial charge in [-0.25, -0.2) is 0 Å².